The number of hydrogen-bond acceptors (Lipinski definition) is 4. The molecule has 3 rings (SSSR count). The van der Waals surface area contributed by atoms with Crippen LogP contribution in [0.3, 0.4) is 0 Å². The van der Waals surface area contributed by atoms with Gasteiger partial charge < -0.3 is 25.0 Å². The number of likely N-dealkylation sites (tertiary alicyclic amines) is 1. The summed E-state index contributed by atoms with van der Waals surface area (Å²) in [5.74, 6) is 1.76. The van der Waals surface area contributed by atoms with E-state index in [4.69, 9.17) is 14.5 Å². The van der Waals surface area contributed by atoms with Crippen LogP contribution in [-0.2, 0) is 11.3 Å². The van der Waals surface area contributed by atoms with Gasteiger partial charge >= 0.3 is 6.09 Å². The predicted molar refractivity (Wildman–Crippen MR) is 134 cm³/mol. The lowest BCUT2D eigenvalue weighted by atomic mass is 9.98. The van der Waals surface area contributed by atoms with Crippen molar-refractivity contribution >= 4 is 36.0 Å². The van der Waals surface area contributed by atoms with Crippen molar-refractivity contribution in [2.75, 3.05) is 26.7 Å². The zero-order valence-corrected chi connectivity index (χ0v) is 21.1. The Balaban J connectivity index is 0.00000341. The van der Waals surface area contributed by atoms with E-state index in [0.717, 1.165) is 49.5 Å². The van der Waals surface area contributed by atoms with Crippen LogP contribution in [0.5, 0.6) is 5.75 Å². The van der Waals surface area contributed by atoms with Gasteiger partial charge in [0.1, 0.15) is 5.75 Å². The van der Waals surface area contributed by atoms with Gasteiger partial charge in [0.25, 0.3) is 0 Å². The number of carbonyl (C=O) groups is 1. The number of carbonyl (C=O) groups excluding carboxylic acids is 1. The highest BCUT2D eigenvalue weighted by atomic mass is 127. The Labute approximate surface area is 203 Å². The highest BCUT2D eigenvalue weighted by Crippen LogP contribution is 2.24. The normalized spacial score (nSPS) is 18.1. The number of benzene rings is 1. The number of guanidine groups is 1. The highest BCUT2D eigenvalue weighted by Gasteiger charge is 2.23. The summed E-state index contributed by atoms with van der Waals surface area (Å²) < 4.78 is 11.0. The van der Waals surface area contributed by atoms with Gasteiger partial charge in [0.15, 0.2) is 5.96 Å². The molecule has 1 heterocycles. The fourth-order valence-corrected chi connectivity index (χ4v) is 4.11. The van der Waals surface area contributed by atoms with Crippen LogP contribution in [0, 0.1) is 0 Å². The molecule has 8 heteroatoms. The summed E-state index contributed by atoms with van der Waals surface area (Å²) in [5, 5.41) is 6.84. The lowest BCUT2D eigenvalue weighted by Gasteiger charge is -2.32. The van der Waals surface area contributed by atoms with Gasteiger partial charge in [-0.15, -0.1) is 24.0 Å². The Hall–Kier alpha value is -1.71. The van der Waals surface area contributed by atoms with E-state index in [1.54, 1.807) is 4.90 Å². The van der Waals surface area contributed by atoms with E-state index in [1.807, 2.05) is 12.1 Å². The van der Waals surface area contributed by atoms with Crippen molar-refractivity contribution in [2.24, 2.45) is 4.99 Å². The van der Waals surface area contributed by atoms with E-state index in [2.05, 4.69) is 29.7 Å². The summed E-state index contributed by atoms with van der Waals surface area (Å²) in [4.78, 5) is 18.2. The Morgan fingerprint density at radius 3 is 2.58 bits per heavy atom. The molecule has 31 heavy (non-hydrogen) atoms. The number of amides is 1. The molecule has 1 aliphatic heterocycles. The van der Waals surface area contributed by atoms with E-state index in [0.29, 0.717) is 31.8 Å². The van der Waals surface area contributed by atoms with Gasteiger partial charge in [-0.2, -0.15) is 0 Å². The molecule has 0 aromatic heterocycles. The lowest BCUT2D eigenvalue weighted by molar-refractivity contribution is 0.111. The molecule has 1 saturated heterocycles. The molecule has 0 atom stereocenters. The second kappa shape index (κ2) is 13.6. The van der Waals surface area contributed by atoms with Gasteiger partial charge in [-0.1, -0.05) is 18.6 Å². The monoisotopic (exact) mass is 544 g/mol. The molecule has 1 amide bonds. The third-order valence-corrected chi connectivity index (χ3v) is 5.79. The molecule has 0 unspecified atom stereocenters. The van der Waals surface area contributed by atoms with Crippen LogP contribution >= 0.6 is 24.0 Å². The molecule has 0 radical (unpaired) electrons. The Bertz CT molecular complexity index is 702. The number of rotatable bonds is 6. The number of ether oxygens (including phenoxy) is 2. The number of nitrogens with one attached hydrogen (secondary N) is 2. The second-order valence-corrected chi connectivity index (χ2v) is 8.10. The second-order valence-electron chi connectivity index (χ2n) is 8.10. The summed E-state index contributed by atoms with van der Waals surface area (Å²) in [7, 11) is 1.43. The van der Waals surface area contributed by atoms with Crippen LogP contribution in [0.15, 0.2) is 29.3 Å². The molecule has 7 nitrogen and oxygen atoms in total. The maximum absolute atomic E-state index is 11.6. The lowest BCUT2D eigenvalue weighted by Crippen LogP contribution is -2.49. The van der Waals surface area contributed by atoms with E-state index in [1.165, 1.54) is 26.4 Å². The number of aliphatic imine (C=N–C) groups is 1. The molecule has 2 fully saturated rings. The summed E-state index contributed by atoms with van der Waals surface area (Å²) in [5.41, 5.74) is 1.14. The molecule has 0 bridgehead atoms. The first-order valence-electron chi connectivity index (χ1n) is 11.3. The summed E-state index contributed by atoms with van der Waals surface area (Å²) >= 11 is 0. The van der Waals surface area contributed by atoms with Crippen molar-refractivity contribution in [3.05, 3.63) is 29.8 Å². The summed E-state index contributed by atoms with van der Waals surface area (Å²) in [6.45, 7) is 4.86. The third kappa shape index (κ3) is 8.38. The number of methoxy groups -OCH3 is 1. The minimum Gasteiger partial charge on any atom is -0.490 e. The largest absolute Gasteiger partial charge is 0.490 e. The number of nitrogens with zero attached hydrogens (tertiary/aromatic N) is 2. The first-order valence-corrected chi connectivity index (χ1v) is 11.3. The Morgan fingerprint density at radius 1 is 1.16 bits per heavy atom. The fraction of sp³-hybridized carbons (Fsp3) is 0.652. The predicted octanol–water partition coefficient (Wildman–Crippen LogP) is 4.30. The molecule has 2 aliphatic rings. The zero-order chi connectivity index (χ0) is 21.2. The molecule has 174 valence electrons. The molecule has 1 aromatic carbocycles. The molecular formula is C23H37IN4O3. The van der Waals surface area contributed by atoms with E-state index in [-0.39, 0.29) is 30.1 Å². The van der Waals surface area contributed by atoms with E-state index < -0.39 is 0 Å². The molecule has 1 aromatic rings. The van der Waals surface area contributed by atoms with Crippen molar-refractivity contribution in [1.82, 2.24) is 15.5 Å². The van der Waals surface area contributed by atoms with Crippen LogP contribution in [0.1, 0.15) is 57.4 Å². The molecule has 2 N–H and O–H groups in total. The SMILES string of the molecule is CCNC(=NCc1cccc(OC2CCCCC2)c1)NC1CCN(C(=O)OC)CC1.I. The van der Waals surface area contributed by atoms with Gasteiger partial charge in [0.2, 0.25) is 0 Å². The van der Waals surface area contributed by atoms with Crippen LogP contribution in [-0.4, -0.2) is 55.8 Å². The first kappa shape index (κ1) is 25.5. The quantitative estimate of drug-likeness (QED) is 0.318. The van der Waals surface area contributed by atoms with Crippen molar-refractivity contribution < 1.29 is 14.3 Å². The van der Waals surface area contributed by atoms with Crippen molar-refractivity contribution in [2.45, 2.75) is 70.6 Å². The number of hydrogen-bond donors (Lipinski definition) is 2. The van der Waals surface area contributed by atoms with Crippen molar-refractivity contribution in [1.29, 1.82) is 0 Å². The van der Waals surface area contributed by atoms with Gasteiger partial charge in [0.05, 0.1) is 19.8 Å². The smallest absolute Gasteiger partial charge is 0.409 e. The fourth-order valence-electron chi connectivity index (χ4n) is 4.11. The zero-order valence-electron chi connectivity index (χ0n) is 18.8. The molecule has 1 aliphatic carbocycles. The van der Waals surface area contributed by atoms with E-state index >= 15 is 0 Å². The standard InChI is InChI=1S/C23H36N4O3.HI/c1-3-24-22(26-19-12-14-27(15-13-19)23(28)29-2)25-17-18-8-7-11-21(16-18)30-20-9-5-4-6-10-20;/h7-8,11,16,19-20H,3-6,9-10,12-15,17H2,1-2H3,(H2,24,25,26);1H. The van der Waals surface area contributed by atoms with Crippen LogP contribution in [0.2, 0.25) is 0 Å². The van der Waals surface area contributed by atoms with Crippen LogP contribution < -0.4 is 15.4 Å². The summed E-state index contributed by atoms with van der Waals surface area (Å²) in [6.07, 6.45) is 8.05. The maximum atomic E-state index is 11.6. The van der Waals surface area contributed by atoms with Crippen LogP contribution in [0.25, 0.3) is 0 Å². The third-order valence-electron chi connectivity index (χ3n) is 5.79. The van der Waals surface area contributed by atoms with E-state index in [9.17, 15) is 4.79 Å². The molecule has 1 saturated carbocycles. The van der Waals surface area contributed by atoms with Gasteiger partial charge in [0, 0.05) is 25.7 Å². The van der Waals surface area contributed by atoms with Gasteiger partial charge in [-0.25, -0.2) is 9.79 Å². The van der Waals surface area contributed by atoms with Crippen molar-refractivity contribution in [3.8, 4) is 5.75 Å². The first-order chi connectivity index (χ1) is 14.7. The molecular weight excluding hydrogens is 507 g/mol. The minimum absolute atomic E-state index is 0. The minimum atomic E-state index is -0.246. The van der Waals surface area contributed by atoms with Crippen LogP contribution in [0.4, 0.5) is 4.79 Å². The van der Waals surface area contributed by atoms with Gasteiger partial charge in [-0.3, -0.25) is 0 Å². The maximum Gasteiger partial charge on any atom is 0.409 e. The number of halogens is 1. The topological polar surface area (TPSA) is 75.2 Å². The Morgan fingerprint density at radius 2 is 1.90 bits per heavy atom. The average molecular weight is 544 g/mol. The van der Waals surface area contributed by atoms with Gasteiger partial charge in [-0.05, 0) is 63.1 Å². The average Bonchev–Trinajstić information content (AvgIpc) is 2.78. The van der Waals surface area contributed by atoms with Crippen molar-refractivity contribution in [3.63, 3.8) is 0 Å². The Kier molecular flexibility index (Phi) is 11.2. The highest BCUT2D eigenvalue weighted by molar-refractivity contribution is 14.0. The molecule has 0 spiro atoms. The number of piperidine rings is 1. The summed E-state index contributed by atoms with van der Waals surface area (Å²) in [6, 6.07) is 8.59.